The molecule has 0 aliphatic carbocycles. The summed E-state index contributed by atoms with van der Waals surface area (Å²) in [6, 6.07) is 2.77. The third kappa shape index (κ3) is 3.97. The molecule has 0 radical (unpaired) electrons. The van der Waals surface area contributed by atoms with Crippen molar-refractivity contribution >= 4 is 5.97 Å². The molecule has 0 atom stereocenters. The number of pyridine rings is 1. The Hall–Kier alpha value is -1.58. The maximum absolute atomic E-state index is 11.4. The fourth-order valence-corrected chi connectivity index (χ4v) is 1.14. The van der Waals surface area contributed by atoms with E-state index < -0.39 is 0 Å². The van der Waals surface area contributed by atoms with Gasteiger partial charge in [-0.25, -0.2) is 4.79 Å². The number of ether oxygens (including phenoxy) is 1. The van der Waals surface area contributed by atoms with E-state index in [0.29, 0.717) is 12.2 Å². The summed E-state index contributed by atoms with van der Waals surface area (Å²) in [4.78, 5) is 24.5. The predicted molar refractivity (Wildman–Crippen MR) is 56.9 cm³/mol. The Labute approximate surface area is 88.3 Å². The number of nitrogens with one attached hydrogen (secondary N) is 1. The molecule has 1 aromatic rings. The van der Waals surface area contributed by atoms with Crippen molar-refractivity contribution in [3.8, 4) is 0 Å². The molecule has 0 saturated heterocycles. The minimum absolute atomic E-state index is 0.225. The second-order valence-electron chi connectivity index (χ2n) is 3.28. The SMILES string of the molecule is CCCCCOC(=O)c1ccc(=O)[nH]c1. The van der Waals surface area contributed by atoms with Crippen molar-refractivity contribution in [1.29, 1.82) is 0 Å². The number of aromatic amines is 1. The lowest BCUT2D eigenvalue weighted by Gasteiger charge is -2.03. The van der Waals surface area contributed by atoms with Crippen LogP contribution in [0.1, 0.15) is 36.5 Å². The molecule has 0 amide bonds. The summed E-state index contributed by atoms with van der Waals surface area (Å²) >= 11 is 0. The molecule has 0 spiro atoms. The summed E-state index contributed by atoms with van der Waals surface area (Å²) in [5.74, 6) is -0.387. The quantitative estimate of drug-likeness (QED) is 0.593. The van der Waals surface area contributed by atoms with Crippen molar-refractivity contribution in [1.82, 2.24) is 4.98 Å². The molecule has 4 nitrogen and oxygen atoms in total. The third-order valence-corrected chi connectivity index (χ3v) is 2.00. The first-order valence-electron chi connectivity index (χ1n) is 5.10. The Morgan fingerprint density at radius 1 is 1.40 bits per heavy atom. The van der Waals surface area contributed by atoms with Gasteiger partial charge >= 0.3 is 5.97 Å². The molecule has 15 heavy (non-hydrogen) atoms. The monoisotopic (exact) mass is 209 g/mol. The number of esters is 1. The number of rotatable bonds is 5. The highest BCUT2D eigenvalue weighted by Crippen LogP contribution is 2.00. The van der Waals surface area contributed by atoms with Crippen LogP contribution in [0, 0.1) is 0 Å². The van der Waals surface area contributed by atoms with Gasteiger partial charge in [-0.05, 0) is 12.5 Å². The number of hydrogen-bond acceptors (Lipinski definition) is 3. The van der Waals surface area contributed by atoms with Crippen LogP contribution in [0.3, 0.4) is 0 Å². The van der Waals surface area contributed by atoms with Crippen LogP contribution in [0.25, 0.3) is 0 Å². The summed E-state index contributed by atoms with van der Waals surface area (Å²) in [5, 5.41) is 0. The van der Waals surface area contributed by atoms with E-state index in [1.165, 1.54) is 18.3 Å². The zero-order valence-corrected chi connectivity index (χ0v) is 8.79. The summed E-state index contributed by atoms with van der Waals surface area (Å²) < 4.78 is 5.01. The van der Waals surface area contributed by atoms with E-state index in [1.54, 1.807) is 0 Å². The van der Waals surface area contributed by atoms with Crippen LogP contribution >= 0.6 is 0 Å². The van der Waals surface area contributed by atoms with Gasteiger partial charge in [0.05, 0.1) is 12.2 Å². The van der Waals surface area contributed by atoms with Crippen molar-refractivity contribution < 1.29 is 9.53 Å². The lowest BCUT2D eigenvalue weighted by molar-refractivity contribution is 0.0497. The highest BCUT2D eigenvalue weighted by atomic mass is 16.5. The van der Waals surface area contributed by atoms with E-state index in [0.717, 1.165) is 19.3 Å². The molecule has 1 N–H and O–H groups in total. The fraction of sp³-hybridized carbons (Fsp3) is 0.455. The van der Waals surface area contributed by atoms with Gasteiger partial charge in [-0.1, -0.05) is 19.8 Å². The molecule has 0 fully saturated rings. The number of H-pyrrole nitrogens is 1. The zero-order valence-electron chi connectivity index (χ0n) is 8.79. The maximum atomic E-state index is 11.4. The minimum atomic E-state index is -0.387. The maximum Gasteiger partial charge on any atom is 0.339 e. The highest BCUT2D eigenvalue weighted by Gasteiger charge is 2.05. The van der Waals surface area contributed by atoms with Gasteiger partial charge in [0, 0.05) is 12.3 Å². The molecular weight excluding hydrogens is 194 g/mol. The second-order valence-corrected chi connectivity index (χ2v) is 3.28. The molecule has 0 aliphatic heterocycles. The largest absolute Gasteiger partial charge is 0.462 e. The van der Waals surface area contributed by atoms with Gasteiger partial charge in [-0.3, -0.25) is 4.79 Å². The van der Waals surface area contributed by atoms with Crippen LogP contribution in [0.5, 0.6) is 0 Å². The number of carbonyl (C=O) groups is 1. The highest BCUT2D eigenvalue weighted by molar-refractivity contribution is 5.88. The Kier molecular flexibility index (Phi) is 4.60. The van der Waals surface area contributed by atoms with Gasteiger partial charge in [-0.15, -0.1) is 0 Å². The zero-order chi connectivity index (χ0) is 11.1. The summed E-state index contributed by atoms with van der Waals surface area (Å²) in [5.41, 5.74) is 0.156. The van der Waals surface area contributed by atoms with Crippen molar-refractivity contribution in [3.05, 3.63) is 34.2 Å². The molecule has 1 heterocycles. The molecule has 4 heteroatoms. The van der Waals surface area contributed by atoms with Crippen LogP contribution in [-0.2, 0) is 4.74 Å². The predicted octanol–water partition coefficient (Wildman–Crippen LogP) is 1.72. The topological polar surface area (TPSA) is 59.2 Å². The van der Waals surface area contributed by atoms with Gasteiger partial charge in [0.25, 0.3) is 0 Å². The van der Waals surface area contributed by atoms with E-state index >= 15 is 0 Å². The van der Waals surface area contributed by atoms with Gasteiger partial charge in [0.2, 0.25) is 5.56 Å². The van der Waals surface area contributed by atoms with Crippen LogP contribution in [0.15, 0.2) is 23.1 Å². The van der Waals surface area contributed by atoms with Gasteiger partial charge in [0.1, 0.15) is 0 Å². The second kappa shape index (κ2) is 6.01. The molecule has 0 aromatic carbocycles. The van der Waals surface area contributed by atoms with Crippen LogP contribution in [0.4, 0.5) is 0 Å². The van der Waals surface area contributed by atoms with Crippen molar-refractivity contribution in [2.75, 3.05) is 6.61 Å². The average Bonchev–Trinajstić information content (AvgIpc) is 2.25. The number of unbranched alkanes of at least 4 members (excludes halogenated alkanes) is 2. The van der Waals surface area contributed by atoms with E-state index in [4.69, 9.17) is 4.74 Å². The number of carbonyl (C=O) groups excluding carboxylic acids is 1. The Balaban J connectivity index is 2.40. The normalized spacial score (nSPS) is 9.93. The number of hydrogen-bond donors (Lipinski definition) is 1. The molecule has 1 rings (SSSR count). The molecule has 1 aromatic heterocycles. The van der Waals surface area contributed by atoms with Crippen LogP contribution in [-0.4, -0.2) is 17.6 Å². The summed E-state index contributed by atoms with van der Waals surface area (Å²) in [6.07, 6.45) is 4.39. The van der Waals surface area contributed by atoms with Gasteiger partial charge in [0.15, 0.2) is 0 Å². The molecular formula is C11H15NO3. The molecule has 0 bridgehead atoms. The van der Waals surface area contributed by atoms with Crippen molar-refractivity contribution in [2.24, 2.45) is 0 Å². The third-order valence-electron chi connectivity index (χ3n) is 2.00. The van der Waals surface area contributed by atoms with Crippen LogP contribution < -0.4 is 5.56 Å². The Morgan fingerprint density at radius 3 is 2.80 bits per heavy atom. The number of aromatic nitrogens is 1. The molecule has 0 aliphatic rings. The molecule has 0 saturated carbocycles. The lowest BCUT2D eigenvalue weighted by Crippen LogP contribution is -2.10. The van der Waals surface area contributed by atoms with Crippen molar-refractivity contribution in [2.45, 2.75) is 26.2 Å². The van der Waals surface area contributed by atoms with E-state index in [2.05, 4.69) is 11.9 Å². The van der Waals surface area contributed by atoms with Crippen molar-refractivity contribution in [3.63, 3.8) is 0 Å². The lowest BCUT2D eigenvalue weighted by atomic mass is 10.2. The Morgan fingerprint density at radius 2 is 2.20 bits per heavy atom. The summed E-state index contributed by atoms with van der Waals surface area (Å²) in [7, 11) is 0. The van der Waals surface area contributed by atoms with Gasteiger partial charge in [-0.2, -0.15) is 0 Å². The van der Waals surface area contributed by atoms with E-state index in [1.807, 2.05) is 0 Å². The van der Waals surface area contributed by atoms with Gasteiger partial charge < -0.3 is 9.72 Å². The Bertz CT molecular complexity index is 350. The van der Waals surface area contributed by atoms with E-state index in [9.17, 15) is 9.59 Å². The summed E-state index contributed by atoms with van der Waals surface area (Å²) in [6.45, 7) is 2.52. The fourth-order valence-electron chi connectivity index (χ4n) is 1.14. The average molecular weight is 209 g/mol. The molecule has 0 unspecified atom stereocenters. The molecule has 82 valence electrons. The first kappa shape index (κ1) is 11.5. The smallest absolute Gasteiger partial charge is 0.339 e. The first-order chi connectivity index (χ1) is 7.24. The first-order valence-corrected chi connectivity index (χ1v) is 5.10. The van der Waals surface area contributed by atoms with Crippen LogP contribution in [0.2, 0.25) is 0 Å². The van der Waals surface area contributed by atoms with E-state index in [-0.39, 0.29) is 11.5 Å². The minimum Gasteiger partial charge on any atom is -0.462 e. The standard InChI is InChI=1S/C11H15NO3/c1-2-3-4-7-15-11(14)9-5-6-10(13)12-8-9/h5-6,8H,2-4,7H2,1H3,(H,12,13).